The van der Waals surface area contributed by atoms with Crippen LogP contribution in [0.5, 0.6) is 0 Å². The number of aromatic carboxylic acids is 1. The molecular weight excluding hydrogens is 278 g/mol. The quantitative estimate of drug-likeness (QED) is 0.853. The molecule has 1 amide bonds. The van der Waals surface area contributed by atoms with Crippen molar-refractivity contribution < 1.29 is 14.7 Å². The molecule has 0 saturated carbocycles. The van der Waals surface area contributed by atoms with Crippen molar-refractivity contribution in [2.75, 3.05) is 0 Å². The topological polar surface area (TPSA) is 84.2 Å². The molecule has 0 aliphatic rings. The highest BCUT2D eigenvalue weighted by Crippen LogP contribution is 2.10. The molecule has 106 valence electrons. The summed E-state index contributed by atoms with van der Waals surface area (Å²) in [5.74, 6) is -1.24. The number of hydrogen-bond donors (Lipinski definition) is 2. The van der Waals surface area contributed by atoms with Gasteiger partial charge in [-0.15, -0.1) is 11.3 Å². The van der Waals surface area contributed by atoms with Crippen LogP contribution in [0, 0.1) is 0 Å². The minimum Gasteiger partial charge on any atom is -0.476 e. The minimum absolute atomic E-state index is 0.00797. The van der Waals surface area contributed by atoms with Crippen LogP contribution >= 0.6 is 11.3 Å². The summed E-state index contributed by atoms with van der Waals surface area (Å²) in [7, 11) is 0. The molecule has 0 bridgehead atoms. The average Bonchev–Trinajstić information content (AvgIpc) is 3.05. The van der Waals surface area contributed by atoms with E-state index < -0.39 is 5.97 Å². The van der Waals surface area contributed by atoms with E-state index in [0.717, 1.165) is 13.0 Å². The maximum Gasteiger partial charge on any atom is 0.355 e. The first-order valence-corrected chi connectivity index (χ1v) is 7.10. The van der Waals surface area contributed by atoms with Crippen LogP contribution in [0.2, 0.25) is 0 Å². The Balaban J connectivity index is 1.97. The molecule has 0 fully saturated rings. The van der Waals surface area contributed by atoms with Crippen molar-refractivity contribution in [1.29, 1.82) is 0 Å². The van der Waals surface area contributed by atoms with Crippen LogP contribution < -0.4 is 5.32 Å². The molecule has 20 heavy (non-hydrogen) atoms. The number of carboxylic acid groups (broad SMARTS) is 1. The van der Waals surface area contributed by atoms with Crippen LogP contribution in [0.3, 0.4) is 0 Å². The van der Waals surface area contributed by atoms with Crippen molar-refractivity contribution >= 4 is 23.2 Å². The molecule has 0 aliphatic heterocycles. The van der Waals surface area contributed by atoms with Crippen molar-refractivity contribution in [1.82, 2.24) is 14.9 Å². The summed E-state index contributed by atoms with van der Waals surface area (Å²) in [6.07, 6.45) is 2.81. The summed E-state index contributed by atoms with van der Waals surface area (Å²) in [5, 5.41) is 13.6. The zero-order chi connectivity index (χ0) is 14.5. The lowest BCUT2D eigenvalue weighted by Gasteiger charge is -2.07. The number of carbonyl (C=O) groups excluding carboxylic acids is 1. The summed E-state index contributed by atoms with van der Waals surface area (Å²) < 4.78 is 1.89. The molecule has 2 aromatic heterocycles. The van der Waals surface area contributed by atoms with Gasteiger partial charge in [0.1, 0.15) is 10.7 Å². The summed E-state index contributed by atoms with van der Waals surface area (Å²) >= 11 is 1.22. The standard InChI is InChI=1S/C13H15N3O3S/c1-2-5-16-6-3-4-10(16)12(17)14-7-11-15-9(8-20-11)13(18)19/h3-4,6,8H,2,5,7H2,1H3,(H,14,17)(H,18,19). The van der Waals surface area contributed by atoms with Gasteiger partial charge in [-0.3, -0.25) is 4.79 Å². The third-order valence-electron chi connectivity index (χ3n) is 2.70. The van der Waals surface area contributed by atoms with Gasteiger partial charge in [0.25, 0.3) is 5.91 Å². The smallest absolute Gasteiger partial charge is 0.355 e. The maximum atomic E-state index is 12.0. The van der Waals surface area contributed by atoms with Gasteiger partial charge >= 0.3 is 5.97 Å². The van der Waals surface area contributed by atoms with Gasteiger partial charge in [0, 0.05) is 18.1 Å². The third kappa shape index (κ3) is 3.24. The summed E-state index contributed by atoms with van der Waals surface area (Å²) in [5.41, 5.74) is 0.607. The average molecular weight is 293 g/mol. The molecule has 0 aliphatic carbocycles. The van der Waals surface area contributed by atoms with Crippen molar-refractivity contribution in [2.45, 2.75) is 26.4 Å². The highest BCUT2D eigenvalue weighted by atomic mass is 32.1. The molecule has 2 rings (SSSR count). The molecule has 0 unspecified atom stereocenters. The SMILES string of the molecule is CCCn1cccc1C(=O)NCc1nc(C(=O)O)cs1. The molecule has 7 heteroatoms. The highest BCUT2D eigenvalue weighted by Gasteiger charge is 2.12. The Kier molecular flexibility index (Phi) is 4.52. The fraction of sp³-hybridized carbons (Fsp3) is 0.308. The first kappa shape index (κ1) is 14.3. The normalized spacial score (nSPS) is 10.4. The van der Waals surface area contributed by atoms with E-state index in [9.17, 15) is 9.59 Å². The number of thiazole rings is 1. The van der Waals surface area contributed by atoms with E-state index in [4.69, 9.17) is 5.11 Å². The van der Waals surface area contributed by atoms with Crippen molar-refractivity contribution in [3.8, 4) is 0 Å². The van der Waals surface area contributed by atoms with Crippen LogP contribution in [-0.2, 0) is 13.1 Å². The van der Waals surface area contributed by atoms with E-state index in [0.29, 0.717) is 10.7 Å². The lowest BCUT2D eigenvalue weighted by Crippen LogP contribution is -2.25. The van der Waals surface area contributed by atoms with Crippen molar-refractivity contribution in [3.63, 3.8) is 0 Å². The van der Waals surface area contributed by atoms with Crippen LogP contribution in [0.25, 0.3) is 0 Å². The Bertz CT molecular complexity index is 618. The van der Waals surface area contributed by atoms with E-state index in [1.807, 2.05) is 23.8 Å². The maximum absolute atomic E-state index is 12.0. The van der Waals surface area contributed by atoms with E-state index in [2.05, 4.69) is 10.3 Å². The molecular formula is C13H15N3O3S. The number of carbonyl (C=O) groups is 2. The lowest BCUT2D eigenvalue weighted by molar-refractivity contribution is 0.0691. The Hall–Kier alpha value is -2.15. The molecule has 0 spiro atoms. The van der Waals surface area contributed by atoms with Crippen LogP contribution in [0.4, 0.5) is 0 Å². The molecule has 2 N–H and O–H groups in total. The molecule has 6 nitrogen and oxygen atoms in total. The molecule has 2 heterocycles. The minimum atomic E-state index is -1.06. The first-order chi connectivity index (χ1) is 9.61. The Morgan fingerprint density at radius 2 is 2.30 bits per heavy atom. The molecule has 2 aromatic rings. The summed E-state index contributed by atoms with van der Waals surface area (Å²) in [4.78, 5) is 26.7. The van der Waals surface area contributed by atoms with E-state index >= 15 is 0 Å². The lowest BCUT2D eigenvalue weighted by atomic mass is 10.3. The van der Waals surface area contributed by atoms with Crippen LogP contribution in [-0.4, -0.2) is 26.5 Å². The fourth-order valence-electron chi connectivity index (χ4n) is 1.79. The predicted octanol–water partition coefficient (Wildman–Crippen LogP) is 1.98. The van der Waals surface area contributed by atoms with Gasteiger partial charge in [-0.2, -0.15) is 0 Å². The van der Waals surface area contributed by atoms with Crippen molar-refractivity contribution in [3.05, 3.63) is 40.1 Å². The van der Waals surface area contributed by atoms with E-state index in [-0.39, 0.29) is 18.1 Å². The van der Waals surface area contributed by atoms with E-state index in [1.165, 1.54) is 16.7 Å². The summed E-state index contributed by atoms with van der Waals surface area (Å²) in [6, 6.07) is 3.59. The van der Waals surface area contributed by atoms with Gasteiger partial charge in [0.15, 0.2) is 5.69 Å². The van der Waals surface area contributed by atoms with Gasteiger partial charge in [0.2, 0.25) is 0 Å². The van der Waals surface area contributed by atoms with Crippen molar-refractivity contribution in [2.24, 2.45) is 0 Å². The van der Waals surface area contributed by atoms with E-state index in [1.54, 1.807) is 6.07 Å². The van der Waals surface area contributed by atoms with Gasteiger partial charge in [-0.05, 0) is 18.6 Å². The second-order valence-electron chi connectivity index (χ2n) is 4.20. The number of nitrogens with zero attached hydrogens (tertiary/aromatic N) is 2. The fourth-order valence-corrected chi connectivity index (χ4v) is 2.50. The van der Waals surface area contributed by atoms with Crippen LogP contribution in [0.1, 0.15) is 39.3 Å². The zero-order valence-corrected chi connectivity index (χ0v) is 11.8. The number of carboxylic acids is 1. The number of rotatable bonds is 6. The monoisotopic (exact) mass is 293 g/mol. The number of aromatic nitrogens is 2. The zero-order valence-electron chi connectivity index (χ0n) is 11.0. The number of amides is 1. The van der Waals surface area contributed by atoms with Gasteiger partial charge < -0.3 is 15.0 Å². The Morgan fingerprint density at radius 3 is 2.95 bits per heavy atom. The summed E-state index contributed by atoms with van der Waals surface area (Å²) in [6.45, 7) is 3.06. The van der Waals surface area contributed by atoms with Gasteiger partial charge in [-0.1, -0.05) is 6.92 Å². The number of nitrogens with one attached hydrogen (secondary N) is 1. The largest absolute Gasteiger partial charge is 0.476 e. The predicted molar refractivity (Wildman–Crippen MR) is 75.0 cm³/mol. The Labute approximate surface area is 120 Å². The molecule has 0 saturated heterocycles. The molecule has 0 aromatic carbocycles. The number of hydrogen-bond acceptors (Lipinski definition) is 4. The second-order valence-corrected chi connectivity index (χ2v) is 5.14. The highest BCUT2D eigenvalue weighted by molar-refractivity contribution is 7.09. The van der Waals surface area contributed by atoms with Gasteiger partial charge in [0.05, 0.1) is 6.54 Å². The number of aryl methyl sites for hydroxylation is 1. The third-order valence-corrected chi connectivity index (χ3v) is 3.55. The molecule has 0 radical (unpaired) electrons. The Morgan fingerprint density at radius 1 is 1.50 bits per heavy atom. The second kappa shape index (κ2) is 6.33. The van der Waals surface area contributed by atoms with Crippen LogP contribution in [0.15, 0.2) is 23.7 Å². The first-order valence-electron chi connectivity index (χ1n) is 6.23. The molecule has 0 atom stereocenters. The van der Waals surface area contributed by atoms with Gasteiger partial charge in [-0.25, -0.2) is 9.78 Å².